The van der Waals surface area contributed by atoms with Gasteiger partial charge in [-0.25, -0.2) is 0 Å². The standard InChI is InChI=1S/C9H16ClF3OS2Si/c1-3-14-8(15)16-6(5-17-2)4-7(10)9(11,12)13/h6-7H,3-5,17H2,1-2H3. The molecule has 0 rings (SSSR count). The topological polar surface area (TPSA) is 9.23 Å². The van der Waals surface area contributed by atoms with Crippen LogP contribution in [0.1, 0.15) is 13.3 Å². The van der Waals surface area contributed by atoms with Crippen LogP contribution >= 0.6 is 35.6 Å². The molecule has 0 heterocycles. The normalized spacial score (nSPS) is 16.1. The molecule has 0 fully saturated rings. The fourth-order valence-electron chi connectivity index (χ4n) is 1.20. The van der Waals surface area contributed by atoms with Gasteiger partial charge in [0.15, 0.2) is 0 Å². The fraction of sp³-hybridized carbons (Fsp3) is 0.889. The van der Waals surface area contributed by atoms with Gasteiger partial charge in [-0.15, -0.1) is 11.6 Å². The Labute approximate surface area is 117 Å². The van der Waals surface area contributed by atoms with Crippen molar-refractivity contribution in [3.8, 4) is 0 Å². The van der Waals surface area contributed by atoms with Crippen LogP contribution in [-0.4, -0.2) is 37.3 Å². The summed E-state index contributed by atoms with van der Waals surface area (Å²) in [5, 5.41) is -1.99. The zero-order valence-electron chi connectivity index (χ0n) is 9.72. The Balaban J connectivity index is 4.28. The van der Waals surface area contributed by atoms with Crippen LogP contribution in [0.15, 0.2) is 0 Å². The lowest BCUT2D eigenvalue weighted by Gasteiger charge is -2.20. The van der Waals surface area contributed by atoms with Crippen LogP contribution in [0, 0.1) is 0 Å². The van der Waals surface area contributed by atoms with E-state index in [1.54, 1.807) is 6.92 Å². The first kappa shape index (κ1) is 17.5. The predicted octanol–water partition coefficient (Wildman–Crippen LogP) is 3.60. The largest absolute Gasteiger partial charge is 0.479 e. The summed E-state index contributed by atoms with van der Waals surface area (Å²) in [6.07, 6.45) is -4.45. The van der Waals surface area contributed by atoms with E-state index in [4.69, 9.17) is 28.6 Å². The zero-order chi connectivity index (χ0) is 13.5. The molecule has 0 saturated carbocycles. The van der Waals surface area contributed by atoms with Gasteiger partial charge in [-0.2, -0.15) is 13.2 Å². The summed E-state index contributed by atoms with van der Waals surface area (Å²) in [6.45, 7) is 4.27. The van der Waals surface area contributed by atoms with Crippen molar-refractivity contribution in [3.05, 3.63) is 0 Å². The molecule has 8 heteroatoms. The average molecular weight is 325 g/mol. The second kappa shape index (κ2) is 8.61. The Morgan fingerprint density at radius 1 is 1.53 bits per heavy atom. The van der Waals surface area contributed by atoms with Crippen molar-refractivity contribution in [1.29, 1.82) is 0 Å². The van der Waals surface area contributed by atoms with Crippen LogP contribution in [0.4, 0.5) is 13.2 Å². The van der Waals surface area contributed by atoms with E-state index < -0.39 is 11.6 Å². The van der Waals surface area contributed by atoms with Gasteiger partial charge in [-0.3, -0.25) is 0 Å². The number of thiocarbonyl (C=S) groups is 1. The van der Waals surface area contributed by atoms with Gasteiger partial charge < -0.3 is 4.74 Å². The molecule has 0 aromatic rings. The number of hydrogen-bond acceptors (Lipinski definition) is 3. The first-order valence-electron chi connectivity index (χ1n) is 5.35. The molecule has 2 unspecified atom stereocenters. The maximum Gasteiger partial charge on any atom is 0.404 e. The molecule has 0 aliphatic rings. The molecule has 0 saturated heterocycles. The molecule has 0 amide bonds. The zero-order valence-corrected chi connectivity index (χ0v) is 13.5. The summed E-state index contributed by atoms with van der Waals surface area (Å²) < 4.78 is 42.4. The number of hydrogen-bond donors (Lipinski definition) is 0. The smallest absolute Gasteiger partial charge is 0.404 e. The summed E-state index contributed by atoms with van der Waals surface area (Å²) in [5.74, 6) is 0. The monoisotopic (exact) mass is 324 g/mol. The molecule has 0 radical (unpaired) electrons. The van der Waals surface area contributed by atoms with E-state index in [-0.39, 0.29) is 21.2 Å². The average Bonchev–Trinajstić information content (AvgIpc) is 2.16. The highest BCUT2D eigenvalue weighted by Gasteiger charge is 2.39. The van der Waals surface area contributed by atoms with Crippen molar-refractivity contribution in [2.45, 2.75) is 42.7 Å². The first-order valence-corrected chi connectivity index (χ1v) is 9.49. The molecule has 0 aliphatic carbocycles. The highest BCUT2D eigenvalue weighted by molar-refractivity contribution is 8.23. The molecule has 0 aromatic carbocycles. The minimum absolute atomic E-state index is 0.107. The van der Waals surface area contributed by atoms with Gasteiger partial charge in [0.2, 0.25) is 4.38 Å². The molecule has 2 atom stereocenters. The highest BCUT2D eigenvalue weighted by atomic mass is 35.5. The first-order chi connectivity index (χ1) is 7.81. The van der Waals surface area contributed by atoms with Gasteiger partial charge in [-0.1, -0.05) is 24.4 Å². The van der Waals surface area contributed by atoms with Gasteiger partial charge >= 0.3 is 6.18 Å². The minimum Gasteiger partial charge on any atom is -0.479 e. The SMILES string of the molecule is CCOC(=S)SC(C[SiH2]C)CC(Cl)C(F)(F)F. The molecule has 0 aliphatic heterocycles. The molecule has 1 nitrogen and oxygen atoms in total. The van der Waals surface area contributed by atoms with E-state index in [9.17, 15) is 13.2 Å². The summed E-state index contributed by atoms with van der Waals surface area (Å²) in [7, 11) is -0.339. The quantitative estimate of drug-likeness (QED) is 0.420. The number of alkyl halides is 4. The highest BCUT2D eigenvalue weighted by Crippen LogP contribution is 2.33. The molecular weight excluding hydrogens is 309 g/mol. The fourth-order valence-corrected chi connectivity index (χ4v) is 4.85. The summed E-state index contributed by atoms with van der Waals surface area (Å²) in [5.41, 5.74) is 0. The second-order valence-corrected chi connectivity index (χ2v) is 7.46. The molecule has 102 valence electrons. The Kier molecular flexibility index (Phi) is 8.88. The number of rotatable bonds is 6. The van der Waals surface area contributed by atoms with E-state index in [0.29, 0.717) is 11.0 Å². The lowest BCUT2D eigenvalue weighted by Crippen LogP contribution is -2.27. The molecule has 0 bridgehead atoms. The number of thioether (sulfide) groups is 1. The summed E-state index contributed by atoms with van der Waals surface area (Å²) >= 11 is 11.5. The third kappa shape index (κ3) is 8.29. The maximum atomic E-state index is 12.3. The van der Waals surface area contributed by atoms with Crippen molar-refractivity contribution in [2.75, 3.05) is 6.61 Å². The van der Waals surface area contributed by atoms with E-state index in [0.717, 1.165) is 6.04 Å². The Hall–Kier alpha value is 0.537. The van der Waals surface area contributed by atoms with Crippen molar-refractivity contribution in [3.63, 3.8) is 0 Å². The van der Waals surface area contributed by atoms with Crippen molar-refractivity contribution >= 4 is 49.5 Å². The Bertz CT molecular complexity index is 241. The molecular formula is C9H16ClF3OS2Si. The third-order valence-electron chi connectivity index (χ3n) is 1.96. The van der Waals surface area contributed by atoms with E-state index in [2.05, 4.69) is 0 Å². The minimum atomic E-state index is -4.34. The molecule has 17 heavy (non-hydrogen) atoms. The molecule has 0 N–H and O–H groups in total. The van der Waals surface area contributed by atoms with Crippen LogP contribution < -0.4 is 0 Å². The predicted molar refractivity (Wildman–Crippen MR) is 75.1 cm³/mol. The lowest BCUT2D eigenvalue weighted by molar-refractivity contribution is -0.131. The number of halogens is 4. The Morgan fingerprint density at radius 3 is 2.53 bits per heavy atom. The van der Waals surface area contributed by atoms with Gasteiger partial charge in [0.1, 0.15) is 5.38 Å². The number of ether oxygens (including phenoxy) is 1. The van der Waals surface area contributed by atoms with Crippen LogP contribution in [0.25, 0.3) is 0 Å². The van der Waals surface area contributed by atoms with Crippen molar-refractivity contribution in [2.24, 2.45) is 0 Å². The second-order valence-electron chi connectivity index (χ2n) is 3.46. The molecule has 0 spiro atoms. The van der Waals surface area contributed by atoms with E-state index in [1.165, 1.54) is 11.8 Å². The van der Waals surface area contributed by atoms with Crippen LogP contribution in [0.3, 0.4) is 0 Å². The van der Waals surface area contributed by atoms with Gasteiger partial charge in [0, 0.05) is 14.8 Å². The van der Waals surface area contributed by atoms with Gasteiger partial charge in [0.05, 0.1) is 6.61 Å². The summed E-state index contributed by atoms with van der Waals surface area (Å²) in [4.78, 5) is 0. The maximum absolute atomic E-state index is 12.3. The Morgan fingerprint density at radius 2 is 2.12 bits per heavy atom. The lowest BCUT2D eigenvalue weighted by atomic mass is 10.2. The van der Waals surface area contributed by atoms with Gasteiger partial charge in [-0.05, 0) is 25.6 Å². The van der Waals surface area contributed by atoms with Crippen LogP contribution in [-0.2, 0) is 4.74 Å². The van der Waals surface area contributed by atoms with Crippen LogP contribution in [0.2, 0.25) is 12.6 Å². The summed E-state index contributed by atoms with van der Waals surface area (Å²) in [6, 6.07) is 0.775. The van der Waals surface area contributed by atoms with Crippen molar-refractivity contribution in [1.82, 2.24) is 0 Å². The van der Waals surface area contributed by atoms with Crippen LogP contribution in [0.5, 0.6) is 0 Å². The van der Waals surface area contributed by atoms with Crippen molar-refractivity contribution < 1.29 is 17.9 Å². The van der Waals surface area contributed by atoms with E-state index in [1.807, 2.05) is 6.55 Å². The third-order valence-corrected chi connectivity index (χ3v) is 5.56. The van der Waals surface area contributed by atoms with E-state index >= 15 is 0 Å². The molecule has 0 aromatic heterocycles. The van der Waals surface area contributed by atoms with Gasteiger partial charge in [0.25, 0.3) is 0 Å².